The van der Waals surface area contributed by atoms with Crippen molar-refractivity contribution in [2.45, 2.75) is 13.3 Å². The third-order valence-corrected chi connectivity index (χ3v) is 2.20. The van der Waals surface area contributed by atoms with Crippen molar-refractivity contribution in [1.29, 1.82) is 5.26 Å². The van der Waals surface area contributed by atoms with Gasteiger partial charge in [0.1, 0.15) is 11.9 Å². The number of esters is 1. The maximum absolute atomic E-state index is 11.7. The first-order valence-corrected chi connectivity index (χ1v) is 5.85. The molecule has 7 nitrogen and oxygen atoms in total. The minimum Gasteiger partial charge on any atom is -0.462 e. The Labute approximate surface area is 116 Å². The number of nitrogens with two attached hydrogens (primary N) is 1. The van der Waals surface area contributed by atoms with Crippen molar-refractivity contribution < 1.29 is 14.3 Å². The first kappa shape index (κ1) is 15.2. The summed E-state index contributed by atoms with van der Waals surface area (Å²) in [5, 5.41) is 11.4. The van der Waals surface area contributed by atoms with Gasteiger partial charge in [0.2, 0.25) is 5.91 Å². The molecule has 20 heavy (non-hydrogen) atoms. The molecular formula is C13H14N4O3. The molecule has 0 saturated carbocycles. The van der Waals surface area contributed by atoms with Gasteiger partial charge < -0.3 is 15.8 Å². The summed E-state index contributed by atoms with van der Waals surface area (Å²) in [6.07, 6.45) is 1.23. The SMILES string of the molecule is CCOC(=O)/C(C#N)=C(/N)CC(=O)Nc1ccccn1. The average Bonchev–Trinajstić information content (AvgIpc) is 2.40. The van der Waals surface area contributed by atoms with Crippen LogP contribution < -0.4 is 11.1 Å². The highest BCUT2D eigenvalue weighted by molar-refractivity contribution is 5.97. The van der Waals surface area contributed by atoms with Gasteiger partial charge in [0.25, 0.3) is 0 Å². The quantitative estimate of drug-likeness (QED) is 0.463. The highest BCUT2D eigenvalue weighted by Gasteiger charge is 2.16. The monoisotopic (exact) mass is 274 g/mol. The zero-order valence-electron chi connectivity index (χ0n) is 10.9. The molecule has 0 saturated heterocycles. The van der Waals surface area contributed by atoms with Crippen LogP contribution in [0, 0.1) is 11.3 Å². The van der Waals surface area contributed by atoms with Crippen molar-refractivity contribution in [3.63, 3.8) is 0 Å². The van der Waals surface area contributed by atoms with Gasteiger partial charge in [-0.15, -0.1) is 0 Å². The number of pyridine rings is 1. The lowest BCUT2D eigenvalue weighted by atomic mass is 10.1. The molecule has 0 atom stereocenters. The van der Waals surface area contributed by atoms with E-state index in [9.17, 15) is 9.59 Å². The molecular weight excluding hydrogens is 260 g/mol. The number of anilines is 1. The van der Waals surface area contributed by atoms with Crippen LogP contribution in [0.2, 0.25) is 0 Å². The Kier molecular flexibility index (Phi) is 5.72. The number of amides is 1. The minimum atomic E-state index is -0.835. The first-order valence-electron chi connectivity index (χ1n) is 5.85. The number of rotatable bonds is 5. The molecule has 0 fully saturated rings. The summed E-state index contributed by atoms with van der Waals surface area (Å²) in [7, 11) is 0. The standard InChI is InChI=1S/C13H14N4O3/c1-2-20-13(19)9(8-14)10(15)7-12(18)17-11-5-3-4-6-16-11/h3-6H,2,7,15H2,1H3,(H,16,17,18)/b10-9+. The predicted molar refractivity (Wildman–Crippen MR) is 70.9 cm³/mol. The molecule has 0 spiro atoms. The number of carbonyl (C=O) groups excluding carboxylic acids is 2. The van der Waals surface area contributed by atoms with E-state index in [2.05, 4.69) is 15.0 Å². The van der Waals surface area contributed by atoms with Gasteiger partial charge >= 0.3 is 5.97 Å². The van der Waals surface area contributed by atoms with E-state index in [1.54, 1.807) is 31.2 Å². The molecule has 0 bridgehead atoms. The van der Waals surface area contributed by atoms with E-state index in [1.807, 2.05) is 0 Å². The fourth-order valence-electron chi connectivity index (χ4n) is 1.34. The zero-order chi connectivity index (χ0) is 15.0. The number of aromatic nitrogens is 1. The Morgan fingerprint density at radius 1 is 1.50 bits per heavy atom. The van der Waals surface area contributed by atoms with E-state index < -0.39 is 11.9 Å². The van der Waals surface area contributed by atoms with E-state index in [1.165, 1.54) is 6.20 Å². The van der Waals surface area contributed by atoms with Gasteiger partial charge in [0.05, 0.1) is 13.0 Å². The van der Waals surface area contributed by atoms with Gasteiger partial charge in [-0.2, -0.15) is 5.26 Å². The lowest BCUT2D eigenvalue weighted by Gasteiger charge is -2.06. The minimum absolute atomic E-state index is 0.122. The predicted octanol–water partition coefficient (Wildman–Crippen LogP) is 0.710. The van der Waals surface area contributed by atoms with Gasteiger partial charge in [-0.05, 0) is 19.1 Å². The van der Waals surface area contributed by atoms with Crippen molar-refractivity contribution in [1.82, 2.24) is 4.98 Å². The number of nitriles is 1. The van der Waals surface area contributed by atoms with Crippen LogP contribution >= 0.6 is 0 Å². The molecule has 7 heteroatoms. The van der Waals surface area contributed by atoms with Crippen LogP contribution in [0.4, 0.5) is 5.82 Å². The van der Waals surface area contributed by atoms with E-state index in [0.29, 0.717) is 5.82 Å². The molecule has 0 radical (unpaired) electrons. The number of carbonyl (C=O) groups is 2. The second kappa shape index (κ2) is 7.53. The van der Waals surface area contributed by atoms with Crippen LogP contribution in [0.3, 0.4) is 0 Å². The van der Waals surface area contributed by atoms with Crippen LogP contribution in [0.1, 0.15) is 13.3 Å². The molecule has 1 heterocycles. The van der Waals surface area contributed by atoms with Crippen LogP contribution in [0.15, 0.2) is 35.7 Å². The summed E-state index contributed by atoms with van der Waals surface area (Å²) in [5.41, 5.74) is 5.09. The smallest absolute Gasteiger partial charge is 0.350 e. The summed E-state index contributed by atoms with van der Waals surface area (Å²) < 4.78 is 4.67. The molecule has 0 aliphatic rings. The Morgan fingerprint density at radius 3 is 2.80 bits per heavy atom. The number of nitrogens with one attached hydrogen (secondary N) is 1. The van der Waals surface area contributed by atoms with Crippen molar-refractivity contribution in [2.75, 3.05) is 11.9 Å². The molecule has 0 aromatic carbocycles. The van der Waals surface area contributed by atoms with Gasteiger partial charge in [-0.3, -0.25) is 4.79 Å². The fraction of sp³-hybridized carbons (Fsp3) is 0.231. The topological polar surface area (TPSA) is 118 Å². The van der Waals surface area contributed by atoms with Crippen LogP contribution in [0.25, 0.3) is 0 Å². The lowest BCUT2D eigenvalue weighted by Crippen LogP contribution is -2.19. The molecule has 1 rings (SSSR count). The van der Waals surface area contributed by atoms with Crippen molar-refractivity contribution in [2.24, 2.45) is 5.73 Å². The van der Waals surface area contributed by atoms with Gasteiger partial charge in [-0.1, -0.05) is 6.07 Å². The Bertz CT molecular complexity index is 561. The van der Waals surface area contributed by atoms with Crippen LogP contribution in [0.5, 0.6) is 0 Å². The van der Waals surface area contributed by atoms with Gasteiger partial charge in [-0.25, -0.2) is 9.78 Å². The summed E-state index contributed by atoms with van der Waals surface area (Å²) in [6.45, 7) is 1.73. The molecule has 1 aromatic rings. The number of nitrogens with zero attached hydrogens (tertiary/aromatic N) is 2. The number of hydrogen-bond acceptors (Lipinski definition) is 6. The zero-order valence-corrected chi connectivity index (χ0v) is 10.9. The van der Waals surface area contributed by atoms with E-state index in [-0.39, 0.29) is 24.3 Å². The largest absolute Gasteiger partial charge is 0.462 e. The average molecular weight is 274 g/mol. The second-order valence-electron chi connectivity index (χ2n) is 3.67. The van der Waals surface area contributed by atoms with E-state index >= 15 is 0 Å². The maximum Gasteiger partial charge on any atom is 0.350 e. The molecule has 3 N–H and O–H groups in total. The van der Waals surface area contributed by atoms with Crippen LogP contribution in [-0.2, 0) is 14.3 Å². The normalized spacial score (nSPS) is 11.0. The Morgan fingerprint density at radius 2 is 2.25 bits per heavy atom. The molecule has 0 unspecified atom stereocenters. The molecule has 0 aliphatic heterocycles. The van der Waals surface area contributed by atoms with E-state index in [0.717, 1.165) is 0 Å². The highest BCUT2D eigenvalue weighted by Crippen LogP contribution is 2.07. The number of hydrogen-bond donors (Lipinski definition) is 2. The molecule has 104 valence electrons. The lowest BCUT2D eigenvalue weighted by molar-refractivity contribution is -0.138. The number of ether oxygens (including phenoxy) is 1. The maximum atomic E-state index is 11.7. The van der Waals surface area contributed by atoms with Gasteiger partial charge in [0, 0.05) is 11.9 Å². The second-order valence-corrected chi connectivity index (χ2v) is 3.67. The van der Waals surface area contributed by atoms with Gasteiger partial charge in [0.15, 0.2) is 5.57 Å². The van der Waals surface area contributed by atoms with E-state index in [4.69, 9.17) is 11.0 Å². The summed E-state index contributed by atoms with van der Waals surface area (Å²) in [5.74, 6) is -0.948. The van der Waals surface area contributed by atoms with Crippen molar-refractivity contribution in [3.05, 3.63) is 35.7 Å². The van der Waals surface area contributed by atoms with Crippen LogP contribution in [-0.4, -0.2) is 23.5 Å². The Balaban J connectivity index is 2.73. The Hall–Kier alpha value is -2.88. The summed E-state index contributed by atoms with van der Waals surface area (Å²) in [6, 6.07) is 6.66. The summed E-state index contributed by atoms with van der Waals surface area (Å²) >= 11 is 0. The summed E-state index contributed by atoms with van der Waals surface area (Å²) in [4.78, 5) is 27.0. The highest BCUT2D eigenvalue weighted by atomic mass is 16.5. The van der Waals surface area contributed by atoms with Crippen molar-refractivity contribution >= 4 is 17.7 Å². The molecule has 1 amide bonds. The molecule has 0 aliphatic carbocycles. The fourth-order valence-corrected chi connectivity index (χ4v) is 1.34. The third kappa shape index (κ3) is 4.42. The first-order chi connectivity index (χ1) is 9.58. The van der Waals surface area contributed by atoms with Crippen molar-refractivity contribution in [3.8, 4) is 6.07 Å². The third-order valence-electron chi connectivity index (χ3n) is 2.20. The molecule has 1 aromatic heterocycles.